The fraction of sp³-hybridized carbons (Fsp3) is 0.240. The molecule has 4 aromatic heterocycles. The van der Waals surface area contributed by atoms with Crippen molar-refractivity contribution < 1.29 is 26.5 Å². The van der Waals surface area contributed by atoms with Gasteiger partial charge in [-0.05, 0) is 12.1 Å². The fourth-order valence-electron chi connectivity index (χ4n) is 4.09. The van der Waals surface area contributed by atoms with Crippen molar-refractivity contribution in [3.8, 4) is 22.8 Å². The number of rotatable bonds is 11. The number of aryl methyl sites for hydroxylation is 1. The Kier molecular flexibility index (Phi) is 7.84. The third-order valence-electron chi connectivity index (χ3n) is 6.04. The zero-order valence-electron chi connectivity index (χ0n) is 21.8. The molecule has 15 heteroatoms. The molecule has 1 aromatic carbocycles. The Hall–Kier alpha value is -4.63. The van der Waals surface area contributed by atoms with Crippen molar-refractivity contribution in [2.75, 3.05) is 25.7 Å². The standard InChI is InChI=1S/C25H25FN8O5S/c1-32-14-16(12-29-32)19-13-28-18-4-5-22(31-25(18)30-19)34(20-10-17(37-2)11-21(38-3)24(20)26)15-23-27-6-7-33(23)8-9-39-40(35)36/h4-7,10-14,40H,8-9,15H2,1-3H3. The number of halogens is 1. The molecule has 0 fully saturated rings. The molecular formula is C25H25FN8O5S. The van der Waals surface area contributed by atoms with E-state index in [1.54, 1.807) is 58.1 Å². The highest BCUT2D eigenvalue weighted by molar-refractivity contribution is 7.67. The normalized spacial score (nSPS) is 11.3. The lowest BCUT2D eigenvalue weighted by Gasteiger charge is -2.25. The summed E-state index contributed by atoms with van der Waals surface area (Å²) in [6.07, 6.45) is 8.37. The molecule has 0 N–H and O–H groups in total. The van der Waals surface area contributed by atoms with Gasteiger partial charge in [0, 0.05) is 49.9 Å². The first-order valence-electron chi connectivity index (χ1n) is 12.0. The average molecular weight is 569 g/mol. The molecule has 0 unspecified atom stereocenters. The van der Waals surface area contributed by atoms with Crippen LogP contribution in [0, 0.1) is 5.82 Å². The molecule has 0 spiro atoms. The van der Waals surface area contributed by atoms with Crippen molar-refractivity contribution in [2.24, 2.45) is 7.05 Å². The summed E-state index contributed by atoms with van der Waals surface area (Å²) in [5.41, 5.74) is 2.36. The Bertz CT molecular complexity index is 1730. The van der Waals surface area contributed by atoms with Gasteiger partial charge in [0.25, 0.3) is 11.0 Å². The lowest BCUT2D eigenvalue weighted by atomic mass is 10.2. The van der Waals surface area contributed by atoms with Crippen LogP contribution in [0.3, 0.4) is 0 Å². The molecule has 0 atom stereocenters. The van der Waals surface area contributed by atoms with Crippen LogP contribution in [0.25, 0.3) is 22.4 Å². The van der Waals surface area contributed by atoms with Crippen molar-refractivity contribution >= 4 is 33.7 Å². The zero-order valence-corrected chi connectivity index (χ0v) is 22.7. The minimum Gasteiger partial charge on any atom is -0.497 e. The van der Waals surface area contributed by atoms with Crippen LogP contribution < -0.4 is 14.4 Å². The molecule has 0 saturated heterocycles. The maximum absolute atomic E-state index is 15.7. The molecule has 4 heterocycles. The van der Waals surface area contributed by atoms with E-state index in [9.17, 15) is 8.42 Å². The summed E-state index contributed by atoms with van der Waals surface area (Å²) in [6.45, 7) is 0.184. The number of methoxy groups -OCH3 is 2. The number of hydrogen-bond acceptors (Lipinski definition) is 11. The first kappa shape index (κ1) is 27.0. The van der Waals surface area contributed by atoms with Crippen molar-refractivity contribution in [1.82, 2.24) is 34.3 Å². The summed E-state index contributed by atoms with van der Waals surface area (Å²) in [6, 6.07) is 6.41. The lowest BCUT2D eigenvalue weighted by molar-refractivity contribution is 0.312. The maximum atomic E-state index is 15.7. The van der Waals surface area contributed by atoms with Gasteiger partial charge in [-0.2, -0.15) is 5.10 Å². The molecule has 0 aliphatic rings. The highest BCUT2D eigenvalue weighted by atomic mass is 32.2. The van der Waals surface area contributed by atoms with Gasteiger partial charge in [0.15, 0.2) is 17.2 Å². The Morgan fingerprint density at radius 2 is 1.93 bits per heavy atom. The summed E-state index contributed by atoms with van der Waals surface area (Å²) in [7, 11) is 1.66. The van der Waals surface area contributed by atoms with Crippen LogP contribution >= 0.6 is 0 Å². The molecule has 5 rings (SSSR count). The molecule has 0 bridgehead atoms. The van der Waals surface area contributed by atoms with E-state index in [1.807, 2.05) is 6.20 Å². The smallest absolute Gasteiger partial charge is 0.257 e. The van der Waals surface area contributed by atoms with Gasteiger partial charge >= 0.3 is 0 Å². The van der Waals surface area contributed by atoms with Gasteiger partial charge in [0.05, 0.1) is 51.1 Å². The van der Waals surface area contributed by atoms with Crippen LogP contribution in [-0.4, -0.2) is 63.5 Å². The molecule has 40 heavy (non-hydrogen) atoms. The van der Waals surface area contributed by atoms with Crippen LogP contribution in [0.15, 0.2) is 55.2 Å². The van der Waals surface area contributed by atoms with Gasteiger partial charge in [0.2, 0.25) is 0 Å². The fourth-order valence-corrected chi connectivity index (χ4v) is 4.32. The molecule has 208 valence electrons. The van der Waals surface area contributed by atoms with E-state index < -0.39 is 16.8 Å². The average Bonchev–Trinajstić information content (AvgIpc) is 3.59. The van der Waals surface area contributed by atoms with Gasteiger partial charge in [-0.25, -0.2) is 27.8 Å². The number of pyridine rings is 1. The van der Waals surface area contributed by atoms with Gasteiger partial charge < -0.3 is 18.9 Å². The number of imidazole rings is 1. The third-order valence-corrected chi connectivity index (χ3v) is 6.43. The number of benzene rings is 1. The predicted octanol–water partition coefficient (Wildman–Crippen LogP) is 2.66. The maximum Gasteiger partial charge on any atom is 0.257 e. The molecular weight excluding hydrogens is 543 g/mol. The molecule has 0 saturated carbocycles. The molecule has 0 amide bonds. The molecule has 13 nitrogen and oxygen atoms in total. The minimum absolute atomic E-state index is 0.0187. The molecule has 0 radical (unpaired) electrons. The van der Waals surface area contributed by atoms with Crippen LogP contribution in [0.2, 0.25) is 0 Å². The number of aromatic nitrogens is 7. The summed E-state index contributed by atoms with van der Waals surface area (Å²) in [5.74, 6) is 0.574. The lowest BCUT2D eigenvalue weighted by Crippen LogP contribution is -2.22. The van der Waals surface area contributed by atoms with Gasteiger partial charge in [0.1, 0.15) is 22.9 Å². The van der Waals surface area contributed by atoms with Crippen molar-refractivity contribution in [1.29, 1.82) is 0 Å². The summed E-state index contributed by atoms with van der Waals surface area (Å²) >= 11 is 0. The second kappa shape index (κ2) is 11.6. The number of fused-ring (bicyclic) bond motifs is 1. The number of hydrogen-bond donors (Lipinski definition) is 1. The second-order valence-corrected chi connectivity index (χ2v) is 9.22. The van der Waals surface area contributed by atoms with E-state index in [2.05, 4.69) is 24.2 Å². The number of ether oxygens (including phenoxy) is 2. The highest BCUT2D eigenvalue weighted by Crippen LogP contribution is 2.37. The quantitative estimate of drug-likeness (QED) is 0.235. The molecule has 0 aliphatic heterocycles. The van der Waals surface area contributed by atoms with E-state index >= 15 is 4.39 Å². The van der Waals surface area contributed by atoms with Crippen LogP contribution in [0.4, 0.5) is 15.9 Å². The van der Waals surface area contributed by atoms with Crippen LogP contribution in [0.1, 0.15) is 5.82 Å². The highest BCUT2D eigenvalue weighted by Gasteiger charge is 2.23. The van der Waals surface area contributed by atoms with Crippen molar-refractivity contribution in [3.63, 3.8) is 0 Å². The Labute approximate surface area is 230 Å². The van der Waals surface area contributed by atoms with E-state index in [0.717, 1.165) is 5.56 Å². The SMILES string of the molecule is COc1cc(OC)c(F)c(N(Cc2nccn2CCO[SH](=O)=O)c2ccc3ncc(-c4cnn(C)c4)nc3n2)c1. The summed E-state index contributed by atoms with van der Waals surface area (Å²) in [4.78, 5) is 19.9. The number of thiol groups is 1. The first-order chi connectivity index (χ1) is 19.4. The van der Waals surface area contributed by atoms with Gasteiger partial charge in [-0.1, -0.05) is 0 Å². The van der Waals surface area contributed by atoms with E-state index in [4.69, 9.17) is 14.5 Å². The van der Waals surface area contributed by atoms with E-state index in [1.165, 1.54) is 26.4 Å². The number of anilines is 2. The second-order valence-electron chi connectivity index (χ2n) is 8.51. The van der Waals surface area contributed by atoms with Crippen LogP contribution in [-0.2, 0) is 35.3 Å². The Balaban J connectivity index is 1.60. The molecule has 0 aliphatic carbocycles. The zero-order chi connectivity index (χ0) is 28.2. The Morgan fingerprint density at radius 3 is 2.65 bits per heavy atom. The predicted molar refractivity (Wildman–Crippen MR) is 143 cm³/mol. The third kappa shape index (κ3) is 5.69. The summed E-state index contributed by atoms with van der Waals surface area (Å²) < 4.78 is 56.1. The topological polar surface area (TPSA) is 139 Å². The van der Waals surface area contributed by atoms with Crippen molar-refractivity contribution in [3.05, 3.63) is 66.9 Å². The minimum atomic E-state index is -2.98. The number of nitrogens with zero attached hydrogens (tertiary/aromatic N) is 8. The van der Waals surface area contributed by atoms with E-state index in [-0.39, 0.29) is 31.1 Å². The first-order valence-corrected chi connectivity index (χ1v) is 13.0. The Morgan fingerprint density at radius 1 is 1.07 bits per heavy atom. The van der Waals surface area contributed by atoms with Crippen LogP contribution in [0.5, 0.6) is 11.5 Å². The van der Waals surface area contributed by atoms with Crippen molar-refractivity contribution in [2.45, 2.75) is 13.1 Å². The van der Waals surface area contributed by atoms with E-state index in [0.29, 0.717) is 34.2 Å². The molecule has 5 aromatic rings. The largest absolute Gasteiger partial charge is 0.497 e. The monoisotopic (exact) mass is 568 g/mol. The summed E-state index contributed by atoms with van der Waals surface area (Å²) in [5, 5.41) is 4.18. The van der Waals surface area contributed by atoms with Gasteiger partial charge in [-0.3, -0.25) is 13.8 Å². The van der Waals surface area contributed by atoms with Gasteiger partial charge in [-0.15, -0.1) is 0 Å².